The van der Waals surface area contributed by atoms with Crippen molar-refractivity contribution in [1.82, 2.24) is 0 Å². The summed E-state index contributed by atoms with van der Waals surface area (Å²) in [7, 11) is -3.89. The van der Waals surface area contributed by atoms with Gasteiger partial charge in [0.1, 0.15) is 12.4 Å². The Morgan fingerprint density at radius 2 is 2.05 bits per heavy atom. The molecule has 2 rings (SSSR count). The molecule has 0 amide bonds. The standard InChI is InChI=1S/C12H14O6S/c1-9-2-4-10(5-3-9)19(14,15)18-6-11(13)12-7-16-8-17-12/h2-5,7,11,13H,6,8H2,1H3. The Kier molecular flexibility index (Phi) is 4.08. The lowest BCUT2D eigenvalue weighted by atomic mass is 10.2. The minimum atomic E-state index is -3.89. The predicted octanol–water partition coefficient (Wildman–Crippen LogP) is 0.907. The van der Waals surface area contributed by atoms with Gasteiger partial charge in [-0.2, -0.15) is 8.42 Å². The first-order valence-corrected chi connectivity index (χ1v) is 6.98. The third-order valence-electron chi connectivity index (χ3n) is 2.51. The van der Waals surface area contributed by atoms with Crippen LogP contribution < -0.4 is 0 Å². The summed E-state index contributed by atoms with van der Waals surface area (Å²) in [6.45, 7) is 1.44. The summed E-state index contributed by atoms with van der Waals surface area (Å²) in [5, 5.41) is 9.64. The van der Waals surface area contributed by atoms with E-state index in [1.165, 1.54) is 18.4 Å². The monoisotopic (exact) mass is 286 g/mol. The molecular weight excluding hydrogens is 272 g/mol. The Hall–Kier alpha value is -1.57. The van der Waals surface area contributed by atoms with Gasteiger partial charge in [0.15, 0.2) is 5.76 Å². The van der Waals surface area contributed by atoms with Crippen molar-refractivity contribution < 1.29 is 27.2 Å². The van der Waals surface area contributed by atoms with Crippen LogP contribution in [-0.2, 0) is 23.8 Å². The van der Waals surface area contributed by atoms with Gasteiger partial charge in [-0.05, 0) is 19.1 Å². The highest BCUT2D eigenvalue weighted by Crippen LogP contribution is 2.16. The molecule has 1 aromatic rings. The summed E-state index contributed by atoms with van der Waals surface area (Å²) in [4.78, 5) is 0.0443. The van der Waals surface area contributed by atoms with Gasteiger partial charge in [-0.15, -0.1) is 0 Å². The fourth-order valence-corrected chi connectivity index (χ4v) is 2.35. The topological polar surface area (TPSA) is 82.1 Å². The van der Waals surface area contributed by atoms with Crippen molar-refractivity contribution in [2.45, 2.75) is 17.9 Å². The molecule has 1 aliphatic heterocycles. The highest BCUT2D eigenvalue weighted by molar-refractivity contribution is 7.86. The molecule has 0 fully saturated rings. The van der Waals surface area contributed by atoms with E-state index in [0.29, 0.717) is 0 Å². The van der Waals surface area contributed by atoms with Crippen molar-refractivity contribution in [1.29, 1.82) is 0 Å². The van der Waals surface area contributed by atoms with Crippen LogP contribution in [0.5, 0.6) is 0 Å². The zero-order valence-corrected chi connectivity index (χ0v) is 11.1. The van der Waals surface area contributed by atoms with E-state index in [-0.39, 0.29) is 17.4 Å². The van der Waals surface area contributed by atoms with Crippen LogP contribution in [0.15, 0.2) is 41.2 Å². The summed E-state index contributed by atoms with van der Waals surface area (Å²) in [6.07, 6.45) is 0.0507. The van der Waals surface area contributed by atoms with Crippen LogP contribution in [0.4, 0.5) is 0 Å². The maximum absolute atomic E-state index is 11.8. The first kappa shape index (κ1) is 13.9. The molecule has 0 radical (unpaired) electrons. The molecule has 0 bridgehead atoms. The van der Waals surface area contributed by atoms with E-state index in [1.807, 2.05) is 6.92 Å². The Balaban J connectivity index is 1.99. The third-order valence-corrected chi connectivity index (χ3v) is 3.81. The molecule has 104 valence electrons. The first-order valence-electron chi connectivity index (χ1n) is 5.58. The number of hydrogen-bond acceptors (Lipinski definition) is 6. The van der Waals surface area contributed by atoms with E-state index in [0.717, 1.165) is 5.56 Å². The molecule has 6 nitrogen and oxygen atoms in total. The number of aliphatic hydroxyl groups excluding tert-OH is 1. The lowest BCUT2D eigenvalue weighted by Crippen LogP contribution is -2.21. The van der Waals surface area contributed by atoms with Crippen LogP contribution >= 0.6 is 0 Å². The van der Waals surface area contributed by atoms with Crippen LogP contribution in [0.25, 0.3) is 0 Å². The van der Waals surface area contributed by atoms with Crippen LogP contribution in [-0.4, -0.2) is 33.0 Å². The average molecular weight is 286 g/mol. The maximum Gasteiger partial charge on any atom is 0.297 e. The molecule has 0 saturated carbocycles. The van der Waals surface area contributed by atoms with Gasteiger partial charge in [0.05, 0.1) is 11.5 Å². The second kappa shape index (κ2) is 5.60. The van der Waals surface area contributed by atoms with E-state index < -0.39 is 22.8 Å². The largest absolute Gasteiger partial charge is 0.462 e. The van der Waals surface area contributed by atoms with Gasteiger partial charge in [-0.3, -0.25) is 4.18 Å². The van der Waals surface area contributed by atoms with Gasteiger partial charge in [0, 0.05) is 0 Å². The van der Waals surface area contributed by atoms with E-state index in [4.69, 9.17) is 13.7 Å². The lowest BCUT2D eigenvalue weighted by molar-refractivity contribution is 0.0372. The molecule has 1 aliphatic rings. The zero-order valence-electron chi connectivity index (χ0n) is 10.3. The molecule has 7 heteroatoms. The van der Waals surface area contributed by atoms with Crippen LogP contribution in [0.3, 0.4) is 0 Å². The SMILES string of the molecule is Cc1ccc(S(=O)(=O)OCC(O)C2=COCO2)cc1. The van der Waals surface area contributed by atoms with E-state index in [2.05, 4.69) is 0 Å². The molecule has 0 saturated heterocycles. The Bertz CT molecular complexity index is 560. The third kappa shape index (κ3) is 3.46. The van der Waals surface area contributed by atoms with E-state index >= 15 is 0 Å². The number of benzene rings is 1. The van der Waals surface area contributed by atoms with Gasteiger partial charge in [-0.1, -0.05) is 17.7 Å². The molecule has 1 heterocycles. The second-order valence-corrected chi connectivity index (χ2v) is 5.63. The van der Waals surface area contributed by atoms with Crippen LogP contribution in [0, 0.1) is 6.92 Å². The summed E-state index contributed by atoms with van der Waals surface area (Å²) >= 11 is 0. The van der Waals surface area contributed by atoms with E-state index in [1.54, 1.807) is 12.1 Å². The minimum absolute atomic E-state index is 0.0110. The summed E-state index contributed by atoms with van der Waals surface area (Å²) < 4.78 is 38.1. The summed E-state index contributed by atoms with van der Waals surface area (Å²) in [6, 6.07) is 6.24. The summed E-state index contributed by atoms with van der Waals surface area (Å²) in [5.74, 6) is 0.152. The van der Waals surface area contributed by atoms with E-state index in [9.17, 15) is 13.5 Å². The lowest BCUT2D eigenvalue weighted by Gasteiger charge is -2.11. The highest BCUT2D eigenvalue weighted by atomic mass is 32.2. The van der Waals surface area contributed by atoms with Gasteiger partial charge in [-0.25, -0.2) is 0 Å². The normalized spacial score (nSPS) is 16.4. The van der Waals surface area contributed by atoms with Crippen molar-refractivity contribution in [3.63, 3.8) is 0 Å². The fourth-order valence-electron chi connectivity index (χ4n) is 1.44. The Morgan fingerprint density at radius 1 is 1.37 bits per heavy atom. The van der Waals surface area contributed by atoms with Crippen LogP contribution in [0.1, 0.15) is 5.56 Å². The molecule has 0 aliphatic carbocycles. The Labute approximate surface area is 111 Å². The van der Waals surface area contributed by atoms with Gasteiger partial charge < -0.3 is 14.6 Å². The van der Waals surface area contributed by atoms with Crippen molar-refractivity contribution >= 4 is 10.1 Å². The number of rotatable bonds is 5. The average Bonchev–Trinajstić information content (AvgIpc) is 2.90. The smallest absolute Gasteiger partial charge is 0.297 e. The minimum Gasteiger partial charge on any atom is -0.462 e. The quantitative estimate of drug-likeness (QED) is 0.810. The second-order valence-electron chi connectivity index (χ2n) is 4.02. The van der Waals surface area contributed by atoms with Crippen molar-refractivity contribution in [3.8, 4) is 0 Å². The summed E-state index contributed by atoms with van der Waals surface area (Å²) in [5.41, 5.74) is 0.945. The van der Waals surface area contributed by atoms with Gasteiger partial charge in [0.25, 0.3) is 10.1 Å². The number of ether oxygens (including phenoxy) is 2. The molecular formula is C12H14O6S. The van der Waals surface area contributed by atoms with Crippen molar-refractivity contribution in [3.05, 3.63) is 41.9 Å². The zero-order chi connectivity index (χ0) is 13.9. The molecule has 1 N–H and O–H groups in total. The van der Waals surface area contributed by atoms with Crippen molar-refractivity contribution in [2.75, 3.05) is 13.4 Å². The number of aryl methyl sites for hydroxylation is 1. The maximum atomic E-state index is 11.8. The number of hydrogen-bond donors (Lipinski definition) is 1. The van der Waals surface area contributed by atoms with Crippen molar-refractivity contribution in [2.24, 2.45) is 0 Å². The molecule has 1 aromatic carbocycles. The molecule has 0 spiro atoms. The fraction of sp³-hybridized carbons (Fsp3) is 0.333. The number of aliphatic hydroxyl groups is 1. The van der Waals surface area contributed by atoms with Gasteiger partial charge in [0.2, 0.25) is 6.79 Å². The molecule has 19 heavy (non-hydrogen) atoms. The van der Waals surface area contributed by atoms with Crippen LogP contribution in [0.2, 0.25) is 0 Å². The first-order chi connectivity index (χ1) is 8.99. The highest BCUT2D eigenvalue weighted by Gasteiger charge is 2.22. The molecule has 1 unspecified atom stereocenters. The van der Waals surface area contributed by atoms with Gasteiger partial charge >= 0.3 is 0 Å². The molecule has 1 atom stereocenters. The Morgan fingerprint density at radius 3 is 2.63 bits per heavy atom. The predicted molar refractivity (Wildman–Crippen MR) is 65.4 cm³/mol. The molecule has 0 aromatic heterocycles.